The van der Waals surface area contributed by atoms with Gasteiger partial charge in [-0.15, -0.1) is 0 Å². The lowest BCUT2D eigenvalue weighted by Crippen LogP contribution is -2.38. The van der Waals surface area contributed by atoms with Gasteiger partial charge < -0.3 is 19.4 Å². The van der Waals surface area contributed by atoms with Crippen LogP contribution in [0, 0.1) is 0 Å². The summed E-state index contributed by atoms with van der Waals surface area (Å²) >= 11 is 1.44. The predicted octanol–water partition coefficient (Wildman–Crippen LogP) is 3.21. The number of nitrogens with zero attached hydrogens (tertiary/aromatic N) is 3. The van der Waals surface area contributed by atoms with Crippen molar-refractivity contribution in [2.45, 2.75) is 25.6 Å². The summed E-state index contributed by atoms with van der Waals surface area (Å²) in [4.78, 5) is 10.0. The maximum Gasteiger partial charge on any atom is 0.205 e. The third-order valence-electron chi connectivity index (χ3n) is 4.29. The number of hydrogen-bond donors (Lipinski definition) is 1. The second-order valence-corrected chi connectivity index (χ2v) is 6.66. The van der Waals surface area contributed by atoms with Gasteiger partial charge in [0.1, 0.15) is 18.5 Å². The maximum absolute atomic E-state index is 6.26. The zero-order chi connectivity index (χ0) is 16.4. The highest BCUT2D eigenvalue weighted by molar-refractivity contribution is 7.09. The molecular formula is C17H20N4O2S. The van der Waals surface area contributed by atoms with Gasteiger partial charge in [-0.05, 0) is 18.2 Å². The zero-order valence-corrected chi connectivity index (χ0v) is 14.4. The lowest BCUT2D eigenvalue weighted by atomic mass is 10.1. The Hall–Kier alpha value is -2.12. The molecular weight excluding hydrogens is 324 g/mol. The van der Waals surface area contributed by atoms with Crippen LogP contribution in [-0.4, -0.2) is 40.6 Å². The van der Waals surface area contributed by atoms with Crippen LogP contribution in [0.3, 0.4) is 0 Å². The first-order valence-electron chi connectivity index (χ1n) is 8.13. The Morgan fingerprint density at radius 2 is 2.17 bits per heavy atom. The number of benzene rings is 1. The molecule has 1 fully saturated rings. The van der Waals surface area contributed by atoms with Crippen molar-refractivity contribution >= 4 is 27.6 Å². The second kappa shape index (κ2) is 6.78. The molecule has 0 bridgehead atoms. The van der Waals surface area contributed by atoms with Gasteiger partial charge in [0.2, 0.25) is 5.13 Å². The predicted molar refractivity (Wildman–Crippen MR) is 94.8 cm³/mol. The molecule has 0 amide bonds. The molecule has 1 saturated heterocycles. The molecule has 4 rings (SSSR count). The maximum atomic E-state index is 6.26. The molecule has 1 N–H and O–H groups in total. The van der Waals surface area contributed by atoms with E-state index in [1.165, 1.54) is 11.5 Å². The first kappa shape index (κ1) is 15.4. The van der Waals surface area contributed by atoms with Crippen LogP contribution in [0.4, 0.5) is 5.13 Å². The van der Waals surface area contributed by atoms with Gasteiger partial charge in [0.25, 0.3) is 0 Å². The van der Waals surface area contributed by atoms with Gasteiger partial charge in [0.15, 0.2) is 5.82 Å². The average molecular weight is 344 g/mol. The third kappa shape index (κ3) is 3.09. The van der Waals surface area contributed by atoms with Crippen LogP contribution in [0.15, 0.2) is 30.5 Å². The number of nitrogens with one attached hydrogen (secondary N) is 1. The van der Waals surface area contributed by atoms with Crippen molar-refractivity contribution in [3.05, 3.63) is 36.3 Å². The van der Waals surface area contributed by atoms with Crippen molar-refractivity contribution in [2.24, 2.45) is 0 Å². The van der Waals surface area contributed by atoms with Gasteiger partial charge in [0.05, 0.1) is 0 Å². The molecule has 0 atom stereocenters. The van der Waals surface area contributed by atoms with E-state index in [4.69, 9.17) is 9.47 Å². The topological polar surface area (TPSA) is 63.3 Å². The number of hydrogen-bond acceptors (Lipinski definition) is 6. The summed E-state index contributed by atoms with van der Waals surface area (Å²) in [7, 11) is 1.66. The van der Waals surface area contributed by atoms with Gasteiger partial charge in [-0.25, -0.2) is 4.98 Å². The smallest absolute Gasteiger partial charge is 0.205 e. The Morgan fingerprint density at radius 1 is 1.29 bits per heavy atom. The highest BCUT2D eigenvalue weighted by atomic mass is 32.1. The fourth-order valence-electron chi connectivity index (χ4n) is 3.06. The zero-order valence-electron chi connectivity index (χ0n) is 13.6. The highest BCUT2D eigenvalue weighted by Crippen LogP contribution is 2.29. The second-order valence-electron chi connectivity index (χ2n) is 5.93. The number of anilines is 1. The summed E-state index contributed by atoms with van der Waals surface area (Å²) in [6.07, 6.45) is 4.17. The lowest BCUT2D eigenvalue weighted by molar-refractivity contribution is 0.172. The van der Waals surface area contributed by atoms with E-state index in [9.17, 15) is 0 Å². The van der Waals surface area contributed by atoms with Crippen LogP contribution in [0.2, 0.25) is 0 Å². The molecule has 24 heavy (non-hydrogen) atoms. The minimum atomic E-state index is 0.244. The largest absolute Gasteiger partial charge is 0.490 e. The first-order chi connectivity index (χ1) is 11.8. The SMILES string of the molecule is COCc1nsc(N2CCC(Oc3cccc4[nH]ccc34)CC2)n1. The van der Waals surface area contributed by atoms with E-state index < -0.39 is 0 Å². The van der Waals surface area contributed by atoms with Gasteiger partial charge in [-0.1, -0.05) is 6.07 Å². The number of fused-ring (bicyclic) bond motifs is 1. The quantitative estimate of drug-likeness (QED) is 0.770. The first-order valence-corrected chi connectivity index (χ1v) is 8.90. The van der Waals surface area contributed by atoms with Crippen molar-refractivity contribution < 1.29 is 9.47 Å². The Morgan fingerprint density at radius 3 is 3.00 bits per heavy atom. The lowest BCUT2D eigenvalue weighted by Gasteiger charge is -2.31. The minimum Gasteiger partial charge on any atom is -0.490 e. The van der Waals surface area contributed by atoms with Gasteiger partial charge in [-0.2, -0.15) is 4.37 Å². The standard InChI is InChI=1S/C17H20N4O2S/c1-22-11-16-19-17(24-20-16)21-9-6-12(7-10-21)23-15-4-2-3-14-13(15)5-8-18-14/h2-5,8,12,18H,6-7,9-11H2,1H3. The van der Waals surface area contributed by atoms with Gasteiger partial charge >= 0.3 is 0 Å². The Bertz CT molecular complexity index is 808. The van der Waals surface area contributed by atoms with Crippen LogP contribution in [-0.2, 0) is 11.3 Å². The number of ether oxygens (including phenoxy) is 2. The fourth-order valence-corrected chi connectivity index (χ4v) is 3.79. The normalized spacial score (nSPS) is 16.0. The van der Waals surface area contributed by atoms with Gasteiger partial charge in [0, 0.05) is 61.7 Å². The molecule has 0 saturated carbocycles. The average Bonchev–Trinajstić information content (AvgIpc) is 3.26. The van der Waals surface area contributed by atoms with Crippen LogP contribution in [0.1, 0.15) is 18.7 Å². The molecule has 3 heterocycles. The van der Waals surface area contributed by atoms with Crippen molar-refractivity contribution in [1.82, 2.24) is 14.3 Å². The van der Waals surface area contributed by atoms with Crippen LogP contribution in [0.25, 0.3) is 10.9 Å². The van der Waals surface area contributed by atoms with E-state index in [0.29, 0.717) is 6.61 Å². The van der Waals surface area contributed by atoms with Gasteiger partial charge in [-0.3, -0.25) is 0 Å². The number of aromatic amines is 1. The summed E-state index contributed by atoms with van der Waals surface area (Å²) < 4.78 is 15.7. The Labute approximate surface area is 144 Å². The fraction of sp³-hybridized carbons (Fsp3) is 0.412. The van der Waals surface area contributed by atoms with E-state index >= 15 is 0 Å². The number of piperidine rings is 1. The Balaban J connectivity index is 1.38. The van der Waals surface area contributed by atoms with E-state index in [1.54, 1.807) is 7.11 Å². The van der Waals surface area contributed by atoms with E-state index in [-0.39, 0.29) is 6.10 Å². The third-order valence-corrected chi connectivity index (χ3v) is 5.11. The summed E-state index contributed by atoms with van der Waals surface area (Å²) in [5.41, 5.74) is 1.12. The number of aromatic nitrogens is 3. The summed E-state index contributed by atoms with van der Waals surface area (Å²) in [5.74, 6) is 1.72. The molecule has 0 aliphatic carbocycles. The molecule has 1 aromatic carbocycles. The molecule has 7 heteroatoms. The molecule has 0 radical (unpaired) electrons. The summed E-state index contributed by atoms with van der Waals surface area (Å²) in [6, 6.07) is 8.21. The highest BCUT2D eigenvalue weighted by Gasteiger charge is 2.23. The summed E-state index contributed by atoms with van der Waals surface area (Å²) in [5, 5.41) is 2.13. The number of rotatable bonds is 5. The number of methoxy groups -OCH3 is 1. The number of H-pyrrole nitrogens is 1. The molecule has 0 spiro atoms. The summed E-state index contributed by atoms with van der Waals surface area (Å²) in [6.45, 7) is 2.35. The molecule has 0 unspecified atom stereocenters. The van der Waals surface area contributed by atoms with Crippen molar-refractivity contribution in [2.75, 3.05) is 25.1 Å². The molecule has 126 valence electrons. The van der Waals surface area contributed by atoms with E-state index in [1.807, 2.05) is 18.3 Å². The van der Waals surface area contributed by atoms with E-state index in [0.717, 1.165) is 53.5 Å². The molecule has 1 aliphatic heterocycles. The monoisotopic (exact) mass is 344 g/mol. The minimum absolute atomic E-state index is 0.244. The van der Waals surface area contributed by atoms with Crippen molar-refractivity contribution in [3.8, 4) is 5.75 Å². The van der Waals surface area contributed by atoms with Crippen LogP contribution in [0.5, 0.6) is 5.75 Å². The van der Waals surface area contributed by atoms with Crippen molar-refractivity contribution in [3.63, 3.8) is 0 Å². The molecule has 3 aromatic rings. The Kier molecular flexibility index (Phi) is 4.36. The molecule has 1 aliphatic rings. The van der Waals surface area contributed by atoms with E-state index in [2.05, 4.69) is 31.4 Å². The van der Waals surface area contributed by atoms with Crippen molar-refractivity contribution in [1.29, 1.82) is 0 Å². The molecule has 6 nitrogen and oxygen atoms in total. The molecule has 2 aromatic heterocycles. The van der Waals surface area contributed by atoms with Crippen LogP contribution < -0.4 is 9.64 Å². The van der Waals surface area contributed by atoms with Crippen LogP contribution >= 0.6 is 11.5 Å².